The van der Waals surface area contributed by atoms with Gasteiger partial charge in [0.2, 0.25) is 0 Å². The van der Waals surface area contributed by atoms with Crippen molar-refractivity contribution in [1.82, 2.24) is 9.97 Å². The van der Waals surface area contributed by atoms with E-state index in [4.69, 9.17) is 5.73 Å². The third kappa shape index (κ3) is 1.70. The van der Waals surface area contributed by atoms with Gasteiger partial charge in [-0.3, -0.25) is 0 Å². The minimum Gasteiger partial charge on any atom is -0.325 e. The van der Waals surface area contributed by atoms with Gasteiger partial charge < -0.3 is 5.73 Å². The second kappa shape index (κ2) is 3.76. The number of hydrogen-bond donors (Lipinski definition) is 1. The zero-order valence-corrected chi connectivity index (χ0v) is 9.71. The van der Waals surface area contributed by atoms with Gasteiger partial charge in [-0.2, -0.15) is 0 Å². The van der Waals surface area contributed by atoms with Gasteiger partial charge in [-0.25, -0.2) is 9.97 Å². The number of rotatable bonds is 2. The summed E-state index contributed by atoms with van der Waals surface area (Å²) >= 11 is 3.29. The molecule has 3 nitrogen and oxygen atoms in total. The topological polar surface area (TPSA) is 51.8 Å². The van der Waals surface area contributed by atoms with E-state index in [9.17, 15) is 0 Å². The van der Waals surface area contributed by atoms with E-state index in [0.29, 0.717) is 6.54 Å². The molecule has 0 aliphatic heterocycles. The Balaban J connectivity index is 2.43. The first-order valence-corrected chi connectivity index (χ1v) is 5.99. The molecule has 5 heteroatoms. The van der Waals surface area contributed by atoms with Crippen LogP contribution in [0.1, 0.15) is 14.9 Å². The van der Waals surface area contributed by atoms with E-state index >= 15 is 0 Å². The Kier molecular flexibility index (Phi) is 2.62. The fraction of sp³-hybridized carbons (Fsp3) is 0.333. The van der Waals surface area contributed by atoms with Crippen LogP contribution in [0.2, 0.25) is 0 Å². The summed E-state index contributed by atoms with van der Waals surface area (Å²) in [5, 5.41) is 4.06. The monoisotopic (exact) mass is 225 g/mol. The molecule has 74 valence electrons. The maximum absolute atomic E-state index is 5.51. The predicted octanol–water partition coefficient (Wildman–Crippen LogP) is 2.34. The minimum absolute atomic E-state index is 0.507. The molecular formula is C9H11N3S2. The molecule has 0 atom stereocenters. The molecule has 0 unspecified atom stereocenters. The number of aromatic nitrogens is 2. The van der Waals surface area contributed by atoms with E-state index in [1.165, 1.54) is 4.88 Å². The molecule has 0 aliphatic carbocycles. The Bertz CT molecular complexity index is 445. The standard InChI is InChI=1S/C9H11N3S2/c1-5-9(11-6(2)14-5)7-4-13-8(3-10)12-7/h4H,3,10H2,1-2H3. The third-order valence-electron chi connectivity index (χ3n) is 1.87. The van der Waals surface area contributed by atoms with Crippen LogP contribution in [-0.4, -0.2) is 9.97 Å². The zero-order chi connectivity index (χ0) is 10.1. The minimum atomic E-state index is 0.507. The van der Waals surface area contributed by atoms with Crippen LogP contribution in [0, 0.1) is 13.8 Å². The molecule has 0 saturated carbocycles. The molecule has 2 N–H and O–H groups in total. The predicted molar refractivity (Wildman–Crippen MR) is 60.6 cm³/mol. The molecule has 0 aromatic carbocycles. The molecule has 0 radical (unpaired) electrons. The summed E-state index contributed by atoms with van der Waals surface area (Å²) in [6.07, 6.45) is 0. The van der Waals surface area contributed by atoms with Gasteiger partial charge in [0, 0.05) is 16.8 Å². The first-order chi connectivity index (χ1) is 6.70. The van der Waals surface area contributed by atoms with Crippen molar-refractivity contribution in [2.75, 3.05) is 0 Å². The maximum Gasteiger partial charge on any atom is 0.107 e. The lowest BCUT2D eigenvalue weighted by molar-refractivity contribution is 1.04. The summed E-state index contributed by atoms with van der Waals surface area (Å²) in [5.41, 5.74) is 7.47. The highest BCUT2D eigenvalue weighted by Crippen LogP contribution is 2.27. The zero-order valence-electron chi connectivity index (χ0n) is 8.07. The SMILES string of the molecule is Cc1nc(-c2csc(CN)n2)c(C)s1. The van der Waals surface area contributed by atoms with Crippen LogP contribution in [0.5, 0.6) is 0 Å². The molecule has 0 aliphatic rings. The first-order valence-electron chi connectivity index (χ1n) is 4.29. The van der Waals surface area contributed by atoms with E-state index in [0.717, 1.165) is 21.4 Å². The highest BCUT2D eigenvalue weighted by molar-refractivity contribution is 7.12. The van der Waals surface area contributed by atoms with Crippen molar-refractivity contribution in [1.29, 1.82) is 0 Å². The Morgan fingerprint density at radius 2 is 2.14 bits per heavy atom. The highest BCUT2D eigenvalue weighted by atomic mass is 32.1. The van der Waals surface area contributed by atoms with Gasteiger partial charge in [0.15, 0.2) is 0 Å². The normalized spacial score (nSPS) is 10.8. The van der Waals surface area contributed by atoms with Crippen LogP contribution in [0.25, 0.3) is 11.4 Å². The lowest BCUT2D eigenvalue weighted by atomic mass is 10.3. The molecule has 14 heavy (non-hydrogen) atoms. The van der Waals surface area contributed by atoms with Gasteiger partial charge in [0.05, 0.1) is 5.01 Å². The molecule has 0 saturated heterocycles. The molecule has 0 amide bonds. The van der Waals surface area contributed by atoms with Gasteiger partial charge in [0.25, 0.3) is 0 Å². The molecule has 0 spiro atoms. The van der Waals surface area contributed by atoms with Gasteiger partial charge in [-0.1, -0.05) is 0 Å². The second-order valence-corrected chi connectivity index (χ2v) is 5.32. The van der Waals surface area contributed by atoms with Crippen LogP contribution in [0.15, 0.2) is 5.38 Å². The quantitative estimate of drug-likeness (QED) is 0.853. The van der Waals surface area contributed by atoms with Crippen molar-refractivity contribution in [3.8, 4) is 11.4 Å². The largest absolute Gasteiger partial charge is 0.325 e. The van der Waals surface area contributed by atoms with Gasteiger partial charge >= 0.3 is 0 Å². The second-order valence-electron chi connectivity index (χ2n) is 2.97. The number of hydrogen-bond acceptors (Lipinski definition) is 5. The molecule has 2 aromatic heterocycles. The summed E-state index contributed by atoms with van der Waals surface area (Å²) in [6.45, 7) is 4.59. The first kappa shape index (κ1) is 9.76. The molecule has 2 aromatic rings. The fourth-order valence-electron chi connectivity index (χ4n) is 1.28. The van der Waals surface area contributed by atoms with Gasteiger partial charge in [-0.15, -0.1) is 22.7 Å². The lowest BCUT2D eigenvalue weighted by Crippen LogP contribution is -1.94. The fourth-order valence-corrected chi connectivity index (χ4v) is 2.77. The summed E-state index contributed by atoms with van der Waals surface area (Å²) in [7, 11) is 0. The maximum atomic E-state index is 5.51. The number of nitrogens with two attached hydrogens (primary N) is 1. The lowest BCUT2D eigenvalue weighted by Gasteiger charge is -1.90. The Morgan fingerprint density at radius 3 is 2.64 bits per heavy atom. The molecule has 2 rings (SSSR count). The Hall–Kier alpha value is -0.780. The van der Waals surface area contributed by atoms with Crippen molar-refractivity contribution < 1.29 is 0 Å². The van der Waals surface area contributed by atoms with Gasteiger partial charge in [0.1, 0.15) is 16.4 Å². The van der Waals surface area contributed by atoms with E-state index in [2.05, 4.69) is 16.9 Å². The summed E-state index contributed by atoms with van der Waals surface area (Å²) in [6, 6.07) is 0. The van der Waals surface area contributed by atoms with Crippen LogP contribution in [0.3, 0.4) is 0 Å². The molecule has 0 bridgehead atoms. The van der Waals surface area contributed by atoms with Gasteiger partial charge in [-0.05, 0) is 13.8 Å². The van der Waals surface area contributed by atoms with Crippen molar-refractivity contribution in [2.24, 2.45) is 5.73 Å². The Morgan fingerprint density at radius 1 is 1.36 bits per heavy atom. The average Bonchev–Trinajstić information content (AvgIpc) is 2.71. The van der Waals surface area contributed by atoms with E-state index in [1.54, 1.807) is 22.7 Å². The molecule has 0 fully saturated rings. The average molecular weight is 225 g/mol. The van der Waals surface area contributed by atoms with Crippen molar-refractivity contribution in [3.05, 3.63) is 20.3 Å². The van der Waals surface area contributed by atoms with Crippen LogP contribution < -0.4 is 5.73 Å². The number of thiazole rings is 2. The summed E-state index contributed by atoms with van der Waals surface area (Å²) in [4.78, 5) is 10.1. The summed E-state index contributed by atoms with van der Waals surface area (Å²) < 4.78 is 0. The smallest absolute Gasteiger partial charge is 0.107 e. The number of aryl methyl sites for hydroxylation is 2. The van der Waals surface area contributed by atoms with Crippen molar-refractivity contribution >= 4 is 22.7 Å². The van der Waals surface area contributed by atoms with E-state index in [1.807, 2.05) is 12.3 Å². The van der Waals surface area contributed by atoms with Crippen molar-refractivity contribution in [3.63, 3.8) is 0 Å². The molecular weight excluding hydrogens is 214 g/mol. The summed E-state index contributed by atoms with van der Waals surface area (Å²) in [5.74, 6) is 0. The van der Waals surface area contributed by atoms with E-state index in [-0.39, 0.29) is 0 Å². The number of nitrogens with zero attached hydrogens (tertiary/aromatic N) is 2. The van der Waals surface area contributed by atoms with Crippen LogP contribution >= 0.6 is 22.7 Å². The molecule has 2 heterocycles. The Labute approximate surface area is 90.6 Å². The third-order valence-corrected chi connectivity index (χ3v) is 3.63. The van der Waals surface area contributed by atoms with Crippen molar-refractivity contribution in [2.45, 2.75) is 20.4 Å². The highest BCUT2D eigenvalue weighted by Gasteiger charge is 2.10. The van der Waals surface area contributed by atoms with E-state index < -0.39 is 0 Å². The van der Waals surface area contributed by atoms with Crippen LogP contribution in [0.4, 0.5) is 0 Å². The van der Waals surface area contributed by atoms with Crippen LogP contribution in [-0.2, 0) is 6.54 Å².